The molecule has 4 nitrogen and oxygen atoms in total. The number of primary amides is 1. The van der Waals surface area contributed by atoms with E-state index in [-0.39, 0.29) is 5.91 Å². The molecule has 94 valence electrons. The van der Waals surface area contributed by atoms with Gasteiger partial charge in [0.2, 0.25) is 5.91 Å². The average molecular weight is 227 g/mol. The van der Waals surface area contributed by atoms with Gasteiger partial charge in [0.15, 0.2) is 0 Å². The maximum Gasteiger partial charge on any atom is 0.238 e. The van der Waals surface area contributed by atoms with Crippen LogP contribution in [0.2, 0.25) is 0 Å². The molecule has 0 aromatic carbocycles. The summed E-state index contributed by atoms with van der Waals surface area (Å²) < 4.78 is 0. The fourth-order valence-corrected chi connectivity index (χ4v) is 1.84. The second-order valence-corrected chi connectivity index (χ2v) is 5.29. The van der Waals surface area contributed by atoms with E-state index in [2.05, 4.69) is 24.1 Å². The van der Waals surface area contributed by atoms with Crippen molar-refractivity contribution in [2.24, 2.45) is 5.73 Å². The number of carbonyl (C=O) groups excluding carboxylic acids is 1. The molecule has 1 saturated carbocycles. The zero-order valence-corrected chi connectivity index (χ0v) is 10.9. The summed E-state index contributed by atoms with van der Waals surface area (Å²) in [7, 11) is 2.05. The van der Waals surface area contributed by atoms with Gasteiger partial charge in [0, 0.05) is 18.6 Å². The van der Waals surface area contributed by atoms with Crippen molar-refractivity contribution in [1.29, 1.82) is 0 Å². The van der Waals surface area contributed by atoms with Crippen molar-refractivity contribution in [3.63, 3.8) is 0 Å². The summed E-state index contributed by atoms with van der Waals surface area (Å²) in [5.41, 5.74) is 4.91. The van der Waals surface area contributed by atoms with Gasteiger partial charge >= 0.3 is 0 Å². The minimum atomic E-state index is -0.598. The van der Waals surface area contributed by atoms with Crippen LogP contribution >= 0.6 is 0 Å². The van der Waals surface area contributed by atoms with Crippen molar-refractivity contribution in [1.82, 2.24) is 10.2 Å². The Morgan fingerprint density at radius 2 is 2.19 bits per heavy atom. The van der Waals surface area contributed by atoms with Crippen molar-refractivity contribution < 1.29 is 4.79 Å². The number of nitrogens with one attached hydrogen (secondary N) is 1. The summed E-state index contributed by atoms with van der Waals surface area (Å²) in [6.07, 6.45) is 3.40. The molecule has 1 fully saturated rings. The fourth-order valence-electron chi connectivity index (χ4n) is 1.84. The van der Waals surface area contributed by atoms with Gasteiger partial charge in [-0.2, -0.15) is 0 Å². The number of likely N-dealkylation sites (N-methyl/N-ethyl adjacent to an activating group) is 1. The summed E-state index contributed by atoms with van der Waals surface area (Å²) in [5, 5.41) is 3.36. The molecule has 16 heavy (non-hydrogen) atoms. The highest BCUT2D eigenvalue weighted by molar-refractivity contribution is 5.84. The third kappa shape index (κ3) is 3.46. The van der Waals surface area contributed by atoms with Crippen LogP contribution in [0, 0.1) is 0 Å². The lowest BCUT2D eigenvalue weighted by atomic mass is 9.99. The molecule has 0 aliphatic heterocycles. The van der Waals surface area contributed by atoms with E-state index in [1.807, 2.05) is 14.0 Å². The Balaban J connectivity index is 2.58. The monoisotopic (exact) mass is 227 g/mol. The van der Waals surface area contributed by atoms with Crippen LogP contribution in [0.25, 0.3) is 0 Å². The normalized spacial score (nSPS) is 21.8. The molecule has 2 atom stereocenters. The molecule has 1 aliphatic rings. The van der Waals surface area contributed by atoms with E-state index < -0.39 is 5.54 Å². The molecule has 2 unspecified atom stereocenters. The molecule has 0 radical (unpaired) electrons. The fraction of sp³-hybridized carbons (Fsp3) is 0.917. The van der Waals surface area contributed by atoms with Crippen LogP contribution in [-0.2, 0) is 4.79 Å². The van der Waals surface area contributed by atoms with Gasteiger partial charge < -0.3 is 10.6 Å². The van der Waals surface area contributed by atoms with Crippen LogP contribution in [0.1, 0.15) is 40.0 Å². The topological polar surface area (TPSA) is 58.4 Å². The summed E-state index contributed by atoms with van der Waals surface area (Å²) >= 11 is 0. The Morgan fingerprint density at radius 3 is 2.56 bits per heavy atom. The Labute approximate surface area is 98.6 Å². The third-order valence-corrected chi connectivity index (χ3v) is 3.55. The van der Waals surface area contributed by atoms with Crippen LogP contribution in [0.15, 0.2) is 0 Å². The maximum absolute atomic E-state index is 11.6. The van der Waals surface area contributed by atoms with Crippen LogP contribution in [0.5, 0.6) is 0 Å². The van der Waals surface area contributed by atoms with Crippen molar-refractivity contribution in [2.45, 2.75) is 57.7 Å². The molecule has 4 heteroatoms. The first-order valence-electron chi connectivity index (χ1n) is 6.17. The number of rotatable bonds is 7. The molecule has 1 aliphatic carbocycles. The van der Waals surface area contributed by atoms with Crippen LogP contribution in [0.3, 0.4) is 0 Å². The number of nitrogens with two attached hydrogens (primary N) is 1. The van der Waals surface area contributed by atoms with Gasteiger partial charge in [-0.15, -0.1) is 0 Å². The summed E-state index contributed by atoms with van der Waals surface area (Å²) in [4.78, 5) is 13.8. The third-order valence-electron chi connectivity index (χ3n) is 3.55. The second-order valence-electron chi connectivity index (χ2n) is 5.29. The number of carbonyl (C=O) groups is 1. The van der Waals surface area contributed by atoms with Crippen molar-refractivity contribution >= 4 is 5.91 Å². The zero-order valence-electron chi connectivity index (χ0n) is 10.9. The first kappa shape index (κ1) is 13.5. The van der Waals surface area contributed by atoms with Crippen molar-refractivity contribution in [2.75, 3.05) is 13.6 Å². The highest BCUT2D eigenvalue weighted by Crippen LogP contribution is 2.23. The van der Waals surface area contributed by atoms with E-state index in [0.29, 0.717) is 18.6 Å². The van der Waals surface area contributed by atoms with Gasteiger partial charge in [-0.3, -0.25) is 10.1 Å². The van der Waals surface area contributed by atoms with Gasteiger partial charge in [0.05, 0.1) is 0 Å². The second kappa shape index (κ2) is 5.15. The minimum Gasteiger partial charge on any atom is -0.368 e. The molecular formula is C12H25N3O. The molecule has 3 N–H and O–H groups in total. The lowest BCUT2D eigenvalue weighted by Gasteiger charge is -2.34. The van der Waals surface area contributed by atoms with Crippen LogP contribution in [0.4, 0.5) is 0 Å². The van der Waals surface area contributed by atoms with E-state index >= 15 is 0 Å². The van der Waals surface area contributed by atoms with E-state index in [1.54, 1.807) is 0 Å². The molecule has 0 spiro atoms. The van der Waals surface area contributed by atoms with E-state index in [0.717, 1.165) is 19.3 Å². The van der Waals surface area contributed by atoms with Gasteiger partial charge in [-0.05, 0) is 40.2 Å². The lowest BCUT2D eigenvalue weighted by molar-refractivity contribution is -0.124. The van der Waals surface area contributed by atoms with E-state index in [1.165, 1.54) is 0 Å². The number of hydrogen-bond acceptors (Lipinski definition) is 3. The van der Waals surface area contributed by atoms with Gasteiger partial charge in [-0.25, -0.2) is 0 Å². The molecule has 0 bridgehead atoms. The maximum atomic E-state index is 11.6. The largest absolute Gasteiger partial charge is 0.368 e. The molecule has 0 saturated heterocycles. The number of amides is 1. The summed E-state index contributed by atoms with van der Waals surface area (Å²) in [6, 6.07) is 0.961. The highest BCUT2D eigenvalue weighted by Gasteiger charge is 2.38. The first-order chi connectivity index (χ1) is 7.39. The smallest absolute Gasteiger partial charge is 0.238 e. The van der Waals surface area contributed by atoms with Crippen molar-refractivity contribution in [3.05, 3.63) is 0 Å². The Hall–Kier alpha value is -0.610. The first-order valence-corrected chi connectivity index (χ1v) is 6.17. The Bertz CT molecular complexity index is 253. The lowest BCUT2D eigenvalue weighted by Crippen LogP contribution is -2.60. The SMILES string of the molecule is CCC(C)N(C)CC(C)(NC1CC1)C(N)=O. The molecule has 1 rings (SSSR count). The van der Waals surface area contributed by atoms with Crippen molar-refractivity contribution in [3.8, 4) is 0 Å². The number of hydrogen-bond donors (Lipinski definition) is 2. The molecule has 0 heterocycles. The summed E-state index contributed by atoms with van der Waals surface area (Å²) in [5.74, 6) is -0.255. The predicted octanol–water partition coefficient (Wildman–Crippen LogP) is 0.713. The molecule has 0 aromatic heterocycles. The van der Waals surface area contributed by atoms with Gasteiger partial charge in [0.1, 0.15) is 5.54 Å². The predicted molar refractivity (Wildman–Crippen MR) is 66.1 cm³/mol. The number of nitrogens with zero attached hydrogens (tertiary/aromatic N) is 1. The molecule has 0 aromatic rings. The Morgan fingerprint density at radius 1 is 1.62 bits per heavy atom. The minimum absolute atomic E-state index is 0.255. The molecular weight excluding hydrogens is 202 g/mol. The van der Waals surface area contributed by atoms with E-state index in [4.69, 9.17) is 5.73 Å². The highest BCUT2D eigenvalue weighted by atomic mass is 16.1. The Kier molecular flexibility index (Phi) is 4.33. The standard InChI is InChI=1S/C12H25N3O/c1-5-9(2)15(4)8-12(3,11(13)16)14-10-6-7-10/h9-10,14H,5-8H2,1-4H3,(H2,13,16). The van der Waals surface area contributed by atoms with Crippen LogP contribution < -0.4 is 11.1 Å². The average Bonchev–Trinajstić information content (AvgIpc) is 2.99. The summed E-state index contributed by atoms with van der Waals surface area (Å²) in [6.45, 7) is 6.90. The zero-order chi connectivity index (χ0) is 12.3. The van der Waals surface area contributed by atoms with Crippen LogP contribution in [-0.4, -0.2) is 42.0 Å². The van der Waals surface area contributed by atoms with E-state index in [9.17, 15) is 4.79 Å². The van der Waals surface area contributed by atoms with Gasteiger partial charge in [-0.1, -0.05) is 6.92 Å². The van der Waals surface area contributed by atoms with Gasteiger partial charge in [0.25, 0.3) is 0 Å². The quantitative estimate of drug-likeness (QED) is 0.673. The molecule has 1 amide bonds.